The Morgan fingerprint density at radius 2 is 1.96 bits per heavy atom. The molecule has 1 aromatic heterocycles. The largest absolute Gasteiger partial charge is 0.416 e. The lowest BCUT2D eigenvalue weighted by molar-refractivity contribution is -0.115. The van der Waals surface area contributed by atoms with Gasteiger partial charge in [0.25, 0.3) is 5.22 Å². The van der Waals surface area contributed by atoms with Crippen molar-refractivity contribution in [3.63, 3.8) is 0 Å². The summed E-state index contributed by atoms with van der Waals surface area (Å²) < 4.78 is 32.3. The first-order valence-corrected chi connectivity index (χ1v) is 8.68. The van der Waals surface area contributed by atoms with Crippen molar-refractivity contribution in [2.75, 3.05) is 5.32 Å². The summed E-state index contributed by atoms with van der Waals surface area (Å²) in [5, 5.41) is 9.81. The molecule has 8 heteroatoms. The van der Waals surface area contributed by atoms with E-state index >= 15 is 0 Å². The van der Waals surface area contributed by atoms with Crippen LogP contribution in [0.4, 0.5) is 14.5 Å². The van der Waals surface area contributed by atoms with Crippen LogP contribution in [0.2, 0.25) is 0 Å². The van der Waals surface area contributed by atoms with Gasteiger partial charge in [-0.15, -0.1) is 10.2 Å². The molecule has 26 heavy (non-hydrogen) atoms. The summed E-state index contributed by atoms with van der Waals surface area (Å²) >= 11 is 1.04. The van der Waals surface area contributed by atoms with Crippen LogP contribution >= 0.6 is 11.8 Å². The first kappa shape index (κ1) is 18.1. The minimum atomic E-state index is -0.708. The fourth-order valence-corrected chi connectivity index (χ4v) is 2.86. The van der Waals surface area contributed by atoms with E-state index in [1.165, 1.54) is 0 Å². The molecule has 0 aliphatic rings. The quantitative estimate of drug-likeness (QED) is 0.658. The van der Waals surface area contributed by atoms with Crippen LogP contribution in [-0.4, -0.2) is 21.4 Å². The van der Waals surface area contributed by atoms with E-state index in [1.54, 1.807) is 6.92 Å². The van der Waals surface area contributed by atoms with Gasteiger partial charge >= 0.3 is 0 Å². The summed E-state index contributed by atoms with van der Waals surface area (Å²) in [6.45, 7) is 1.61. The van der Waals surface area contributed by atoms with Crippen molar-refractivity contribution in [3.8, 4) is 0 Å². The standard InChI is InChI=1S/C18H15F2N3O2S/c1-11(17(24)21-15-10-13(19)7-8-14(15)20)26-18-23-22-16(25-18)9-12-5-3-2-4-6-12/h2-8,10-11H,9H2,1H3,(H,21,24)/t11-/m0/s1. The average molecular weight is 375 g/mol. The second kappa shape index (κ2) is 8.09. The molecule has 0 aliphatic carbocycles. The van der Waals surface area contributed by atoms with Gasteiger partial charge in [-0.3, -0.25) is 4.79 Å². The Hall–Kier alpha value is -2.74. The van der Waals surface area contributed by atoms with Crippen LogP contribution < -0.4 is 5.32 Å². The van der Waals surface area contributed by atoms with E-state index in [-0.39, 0.29) is 10.9 Å². The molecule has 0 fully saturated rings. The summed E-state index contributed by atoms with van der Waals surface area (Å²) in [7, 11) is 0. The molecule has 1 N–H and O–H groups in total. The van der Waals surface area contributed by atoms with Crippen molar-refractivity contribution in [2.45, 2.75) is 23.8 Å². The highest BCUT2D eigenvalue weighted by molar-refractivity contribution is 8.00. The predicted octanol–water partition coefficient (Wildman–Crippen LogP) is 4.06. The first-order valence-electron chi connectivity index (χ1n) is 7.80. The third-order valence-corrected chi connectivity index (χ3v) is 4.41. The minimum absolute atomic E-state index is 0.210. The number of nitrogens with zero attached hydrogens (tertiary/aromatic N) is 2. The number of hydrogen-bond acceptors (Lipinski definition) is 5. The van der Waals surface area contributed by atoms with E-state index in [4.69, 9.17) is 4.42 Å². The zero-order valence-electron chi connectivity index (χ0n) is 13.8. The molecular formula is C18H15F2N3O2S. The first-order chi connectivity index (χ1) is 12.5. The minimum Gasteiger partial charge on any atom is -0.416 e. The molecule has 0 aliphatic heterocycles. The molecule has 0 saturated heterocycles. The lowest BCUT2D eigenvalue weighted by atomic mass is 10.2. The van der Waals surface area contributed by atoms with Gasteiger partial charge in [0.15, 0.2) is 0 Å². The Labute approximate surface area is 152 Å². The molecule has 134 valence electrons. The summed E-state index contributed by atoms with van der Waals surface area (Å²) in [6.07, 6.45) is 0.490. The van der Waals surface area contributed by atoms with Crippen molar-refractivity contribution in [3.05, 3.63) is 71.6 Å². The van der Waals surface area contributed by atoms with Crippen LogP contribution in [0.25, 0.3) is 0 Å². The molecule has 3 rings (SSSR count). The fraction of sp³-hybridized carbons (Fsp3) is 0.167. The van der Waals surface area contributed by atoms with Gasteiger partial charge in [-0.2, -0.15) is 0 Å². The number of thioether (sulfide) groups is 1. The number of carbonyl (C=O) groups is 1. The molecule has 0 saturated carbocycles. The highest BCUT2D eigenvalue weighted by Gasteiger charge is 2.20. The number of anilines is 1. The van der Waals surface area contributed by atoms with Crippen LogP contribution in [0, 0.1) is 11.6 Å². The monoisotopic (exact) mass is 375 g/mol. The topological polar surface area (TPSA) is 68.0 Å². The number of aromatic nitrogens is 2. The molecule has 0 spiro atoms. The van der Waals surface area contributed by atoms with Gasteiger partial charge in [0.05, 0.1) is 17.4 Å². The Morgan fingerprint density at radius 3 is 2.73 bits per heavy atom. The van der Waals surface area contributed by atoms with Crippen LogP contribution in [0.5, 0.6) is 0 Å². The number of benzene rings is 2. The maximum Gasteiger partial charge on any atom is 0.277 e. The smallest absolute Gasteiger partial charge is 0.277 e. The van der Waals surface area contributed by atoms with E-state index in [0.29, 0.717) is 12.3 Å². The molecule has 1 amide bonds. The normalized spacial score (nSPS) is 12.0. The molecule has 2 aromatic carbocycles. The van der Waals surface area contributed by atoms with E-state index in [2.05, 4.69) is 15.5 Å². The van der Waals surface area contributed by atoms with Crippen LogP contribution in [0.15, 0.2) is 58.2 Å². The van der Waals surface area contributed by atoms with Gasteiger partial charge in [-0.05, 0) is 24.6 Å². The van der Waals surface area contributed by atoms with Crippen LogP contribution in [-0.2, 0) is 11.2 Å². The third-order valence-electron chi connectivity index (χ3n) is 3.48. The molecule has 0 radical (unpaired) electrons. The van der Waals surface area contributed by atoms with Crippen molar-refractivity contribution in [1.82, 2.24) is 10.2 Å². The van der Waals surface area contributed by atoms with E-state index in [1.807, 2.05) is 30.3 Å². The molecule has 3 aromatic rings. The lowest BCUT2D eigenvalue weighted by Crippen LogP contribution is -2.23. The lowest BCUT2D eigenvalue weighted by Gasteiger charge is -2.10. The number of rotatable bonds is 6. The van der Waals surface area contributed by atoms with Crippen LogP contribution in [0.3, 0.4) is 0 Å². The molecule has 5 nitrogen and oxygen atoms in total. The average Bonchev–Trinajstić information content (AvgIpc) is 3.05. The van der Waals surface area contributed by atoms with Crippen LogP contribution in [0.1, 0.15) is 18.4 Å². The van der Waals surface area contributed by atoms with E-state index in [0.717, 1.165) is 35.5 Å². The van der Waals surface area contributed by atoms with Crippen molar-refractivity contribution in [1.29, 1.82) is 0 Å². The van der Waals surface area contributed by atoms with Gasteiger partial charge in [-0.25, -0.2) is 8.78 Å². The SMILES string of the molecule is C[C@H](Sc1nnc(Cc2ccccc2)o1)C(=O)Nc1cc(F)ccc1F. The number of amides is 1. The predicted molar refractivity (Wildman–Crippen MR) is 93.9 cm³/mol. The zero-order chi connectivity index (χ0) is 18.5. The molecule has 1 heterocycles. The van der Waals surface area contributed by atoms with E-state index in [9.17, 15) is 13.6 Å². The molecule has 0 unspecified atom stereocenters. The molecule has 0 bridgehead atoms. The number of carbonyl (C=O) groups excluding carboxylic acids is 1. The van der Waals surface area contributed by atoms with Gasteiger partial charge in [-0.1, -0.05) is 42.1 Å². The molecule has 1 atom stereocenters. The summed E-state index contributed by atoms with van der Waals surface area (Å²) in [6, 6.07) is 12.5. The number of halogens is 2. The summed E-state index contributed by atoms with van der Waals surface area (Å²) in [4.78, 5) is 12.2. The van der Waals surface area contributed by atoms with Gasteiger partial charge in [0.2, 0.25) is 11.8 Å². The Morgan fingerprint density at radius 1 is 1.19 bits per heavy atom. The van der Waals surface area contributed by atoms with Crippen molar-refractivity contribution in [2.24, 2.45) is 0 Å². The van der Waals surface area contributed by atoms with E-state index < -0.39 is 22.8 Å². The molecular weight excluding hydrogens is 360 g/mol. The second-order valence-corrected chi connectivity index (χ2v) is 6.79. The Balaban J connectivity index is 1.60. The van der Waals surface area contributed by atoms with Gasteiger partial charge in [0, 0.05) is 6.07 Å². The van der Waals surface area contributed by atoms with Gasteiger partial charge in [0.1, 0.15) is 11.6 Å². The zero-order valence-corrected chi connectivity index (χ0v) is 14.6. The summed E-state index contributed by atoms with van der Waals surface area (Å²) in [5.74, 6) is -1.41. The second-order valence-electron chi connectivity index (χ2n) is 5.50. The Kier molecular flexibility index (Phi) is 5.62. The highest BCUT2D eigenvalue weighted by Crippen LogP contribution is 2.24. The highest BCUT2D eigenvalue weighted by atomic mass is 32.2. The van der Waals surface area contributed by atoms with Crippen molar-refractivity contribution >= 4 is 23.4 Å². The maximum absolute atomic E-state index is 13.6. The number of nitrogens with one attached hydrogen (secondary N) is 1. The van der Waals surface area contributed by atoms with Gasteiger partial charge < -0.3 is 9.73 Å². The number of hydrogen-bond donors (Lipinski definition) is 1. The third kappa shape index (κ3) is 4.66. The maximum atomic E-state index is 13.6. The van der Waals surface area contributed by atoms with Crippen molar-refractivity contribution < 1.29 is 18.0 Å². The Bertz CT molecular complexity index is 902. The fourth-order valence-electron chi connectivity index (χ4n) is 2.16. The summed E-state index contributed by atoms with van der Waals surface area (Å²) in [5.41, 5.74) is 0.817.